The molecule has 0 spiro atoms. The lowest BCUT2D eigenvalue weighted by Gasteiger charge is -2.40. The summed E-state index contributed by atoms with van der Waals surface area (Å²) in [4.78, 5) is 25.2. The molecule has 2 fully saturated rings. The van der Waals surface area contributed by atoms with E-state index in [1.54, 1.807) is 11.1 Å². The molecule has 0 aromatic carbocycles. The number of carbonyl (C=O) groups excluding carboxylic acids is 1. The average Bonchev–Trinajstić information content (AvgIpc) is 2.95. The third-order valence-corrected chi connectivity index (χ3v) is 4.58. The second-order valence-corrected chi connectivity index (χ2v) is 6.51. The van der Waals surface area contributed by atoms with Crippen LogP contribution in [-0.4, -0.2) is 65.1 Å². The number of amides is 1. The Labute approximate surface area is 131 Å². The SMILES string of the molecule is Cc1cncc(CN2C[C@@H](C(=O)N(C)C)C[C@H]3OCC[C@H]32)n1. The van der Waals surface area contributed by atoms with Crippen molar-refractivity contribution in [1.29, 1.82) is 0 Å². The zero-order valence-electron chi connectivity index (χ0n) is 13.5. The minimum absolute atomic E-state index is 0.00659. The lowest BCUT2D eigenvalue weighted by molar-refractivity contribution is -0.137. The van der Waals surface area contributed by atoms with Crippen molar-refractivity contribution in [2.45, 2.75) is 38.5 Å². The van der Waals surface area contributed by atoms with Gasteiger partial charge in [-0.05, 0) is 19.8 Å². The van der Waals surface area contributed by atoms with Crippen molar-refractivity contribution in [3.05, 3.63) is 23.8 Å². The van der Waals surface area contributed by atoms with Crippen LogP contribution in [0.4, 0.5) is 0 Å². The number of piperidine rings is 1. The Kier molecular flexibility index (Phi) is 4.40. The van der Waals surface area contributed by atoms with Crippen molar-refractivity contribution in [3.8, 4) is 0 Å². The van der Waals surface area contributed by atoms with Gasteiger partial charge in [-0.2, -0.15) is 0 Å². The first kappa shape index (κ1) is 15.4. The highest BCUT2D eigenvalue weighted by Crippen LogP contribution is 2.32. The summed E-state index contributed by atoms with van der Waals surface area (Å²) in [5, 5.41) is 0. The first-order valence-corrected chi connectivity index (χ1v) is 7.89. The molecule has 0 aliphatic carbocycles. The van der Waals surface area contributed by atoms with Gasteiger partial charge in [0.25, 0.3) is 0 Å². The van der Waals surface area contributed by atoms with Gasteiger partial charge in [-0.25, -0.2) is 0 Å². The molecule has 3 heterocycles. The number of ether oxygens (including phenoxy) is 1. The largest absolute Gasteiger partial charge is 0.377 e. The lowest BCUT2D eigenvalue weighted by atomic mass is 9.89. The minimum Gasteiger partial charge on any atom is -0.377 e. The Morgan fingerprint density at radius 2 is 2.27 bits per heavy atom. The van der Waals surface area contributed by atoms with Crippen molar-refractivity contribution in [1.82, 2.24) is 19.8 Å². The van der Waals surface area contributed by atoms with Crippen LogP contribution in [0.5, 0.6) is 0 Å². The summed E-state index contributed by atoms with van der Waals surface area (Å²) in [6.45, 7) is 4.24. The van der Waals surface area contributed by atoms with E-state index in [1.807, 2.05) is 27.2 Å². The lowest BCUT2D eigenvalue weighted by Crippen LogP contribution is -2.52. The summed E-state index contributed by atoms with van der Waals surface area (Å²) in [6, 6.07) is 0.397. The van der Waals surface area contributed by atoms with Crippen LogP contribution in [0.3, 0.4) is 0 Å². The summed E-state index contributed by atoms with van der Waals surface area (Å²) < 4.78 is 5.86. The van der Waals surface area contributed by atoms with Gasteiger partial charge in [0, 0.05) is 52.2 Å². The van der Waals surface area contributed by atoms with E-state index in [0.29, 0.717) is 6.04 Å². The number of hydrogen-bond acceptors (Lipinski definition) is 5. The Morgan fingerprint density at radius 3 is 3.00 bits per heavy atom. The van der Waals surface area contributed by atoms with Crippen molar-refractivity contribution < 1.29 is 9.53 Å². The fraction of sp³-hybridized carbons (Fsp3) is 0.688. The topological polar surface area (TPSA) is 58.6 Å². The molecule has 22 heavy (non-hydrogen) atoms. The number of likely N-dealkylation sites (tertiary alicyclic amines) is 1. The van der Waals surface area contributed by atoms with E-state index in [2.05, 4.69) is 14.9 Å². The van der Waals surface area contributed by atoms with E-state index in [1.165, 1.54) is 0 Å². The van der Waals surface area contributed by atoms with Crippen molar-refractivity contribution in [2.75, 3.05) is 27.2 Å². The summed E-state index contributed by atoms with van der Waals surface area (Å²) in [6.07, 6.45) is 5.61. The van der Waals surface area contributed by atoms with E-state index in [0.717, 1.165) is 43.9 Å². The fourth-order valence-electron chi connectivity index (χ4n) is 3.58. The van der Waals surface area contributed by atoms with E-state index in [-0.39, 0.29) is 17.9 Å². The molecule has 1 amide bonds. The molecule has 3 atom stereocenters. The number of hydrogen-bond donors (Lipinski definition) is 0. The number of fused-ring (bicyclic) bond motifs is 1. The van der Waals surface area contributed by atoms with Gasteiger partial charge in [0.05, 0.1) is 23.4 Å². The molecule has 0 radical (unpaired) electrons. The van der Waals surface area contributed by atoms with E-state index in [9.17, 15) is 4.79 Å². The van der Waals surface area contributed by atoms with Gasteiger partial charge in [0.15, 0.2) is 0 Å². The summed E-state index contributed by atoms with van der Waals surface area (Å²) in [7, 11) is 3.64. The van der Waals surface area contributed by atoms with Crippen LogP contribution in [0.1, 0.15) is 24.2 Å². The first-order chi connectivity index (χ1) is 10.5. The number of aromatic nitrogens is 2. The van der Waals surface area contributed by atoms with Crippen molar-refractivity contribution >= 4 is 5.91 Å². The van der Waals surface area contributed by atoms with Crippen LogP contribution in [0.15, 0.2) is 12.4 Å². The van der Waals surface area contributed by atoms with Gasteiger partial charge >= 0.3 is 0 Å². The Hall–Kier alpha value is -1.53. The molecule has 0 N–H and O–H groups in total. The van der Waals surface area contributed by atoms with Crippen molar-refractivity contribution in [2.24, 2.45) is 5.92 Å². The maximum Gasteiger partial charge on any atom is 0.226 e. The molecule has 6 heteroatoms. The van der Waals surface area contributed by atoms with Gasteiger partial charge in [-0.3, -0.25) is 19.7 Å². The maximum atomic E-state index is 12.4. The molecule has 2 aliphatic heterocycles. The second kappa shape index (κ2) is 6.30. The van der Waals surface area contributed by atoms with Gasteiger partial charge < -0.3 is 9.64 Å². The molecule has 0 unspecified atom stereocenters. The van der Waals surface area contributed by atoms with Gasteiger partial charge in [0.1, 0.15) is 0 Å². The Balaban J connectivity index is 1.76. The third-order valence-electron chi connectivity index (χ3n) is 4.58. The van der Waals surface area contributed by atoms with Crippen LogP contribution < -0.4 is 0 Å². The highest BCUT2D eigenvalue weighted by molar-refractivity contribution is 5.78. The fourth-order valence-corrected chi connectivity index (χ4v) is 3.58. The molecular weight excluding hydrogens is 280 g/mol. The number of aryl methyl sites for hydroxylation is 1. The quantitative estimate of drug-likeness (QED) is 0.829. The van der Waals surface area contributed by atoms with Crippen LogP contribution >= 0.6 is 0 Å². The monoisotopic (exact) mass is 304 g/mol. The van der Waals surface area contributed by atoms with Crippen LogP contribution in [0, 0.1) is 12.8 Å². The molecule has 0 saturated carbocycles. The predicted octanol–water partition coefficient (Wildman–Crippen LogP) is 0.853. The number of carbonyl (C=O) groups is 1. The molecule has 1 aromatic heterocycles. The molecule has 0 bridgehead atoms. The maximum absolute atomic E-state index is 12.4. The molecule has 120 valence electrons. The highest BCUT2D eigenvalue weighted by atomic mass is 16.5. The number of nitrogens with zero attached hydrogens (tertiary/aromatic N) is 4. The highest BCUT2D eigenvalue weighted by Gasteiger charge is 2.42. The molecule has 3 rings (SSSR count). The summed E-state index contributed by atoms with van der Waals surface area (Å²) >= 11 is 0. The van der Waals surface area contributed by atoms with E-state index < -0.39 is 0 Å². The van der Waals surface area contributed by atoms with Gasteiger partial charge in [0.2, 0.25) is 5.91 Å². The molecule has 2 aliphatic rings. The normalized spacial score (nSPS) is 28.4. The summed E-state index contributed by atoms with van der Waals surface area (Å²) in [5.74, 6) is 0.196. The van der Waals surface area contributed by atoms with E-state index in [4.69, 9.17) is 4.74 Å². The molecule has 6 nitrogen and oxygen atoms in total. The van der Waals surface area contributed by atoms with Crippen LogP contribution in [-0.2, 0) is 16.1 Å². The van der Waals surface area contributed by atoms with E-state index >= 15 is 0 Å². The number of rotatable bonds is 3. The average molecular weight is 304 g/mol. The van der Waals surface area contributed by atoms with Crippen LogP contribution in [0.25, 0.3) is 0 Å². The molecule has 2 saturated heterocycles. The Morgan fingerprint density at radius 1 is 1.45 bits per heavy atom. The Bertz CT molecular complexity index is 549. The van der Waals surface area contributed by atoms with Crippen molar-refractivity contribution in [3.63, 3.8) is 0 Å². The van der Waals surface area contributed by atoms with Crippen LogP contribution in [0.2, 0.25) is 0 Å². The molecule has 1 aromatic rings. The molecular formula is C16H24N4O2. The predicted molar refractivity (Wildman–Crippen MR) is 82.1 cm³/mol. The second-order valence-electron chi connectivity index (χ2n) is 6.51. The zero-order valence-corrected chi connectivity index (χ0v) is 13.5. The third kappa shape index (κ3) is 3.13. The first-order valence-electron chi connectivity index (χ1n) is 7.89. The standard InChI is InChI=1S/C16H24N4O2/c1-11-7-17-8-13(18-11)10-20-9-12(16(21)19(2)3)6-15-14(20)4-5-22-15/h7-8,12,14-15H,4-6,9-10H2,1-3H3/t12-,14+,15+/m0/s1. The zero-order chi connectivity index (χ0) is 15.7. The minimum atomic E-state index is 0.00659. The summed E-state index contributed by atoms with van der Waals surface area (Å²) in [5.41, 5.74) is 1.89. The van der Waals surface area contributed by atoms with Gasteiger partial charge in [-0.1, -0.05) is 0 Å². The smallest absolute Gasteiger partial charge is 0.226 e. The van der Waals surface area contributed by atoms with Gasteiger partial charge in [-0.15, -0.1) is 0 Å².